The van der Waals surface area contributed by atoms with E-state index < -0.39 is 22.4 Å². The van der Waals surface area contributed by atoms with Gasteiger partial charge in [0, 0.05) is 12.7 Å². The second kappa shape index (κ2) is 8.91. The number of rotatable bonds is 6. The van der Waals surface area contributed by atoms with Crippen LogP contribution >= 0.6 is 10.5 Å². The van der Waals surface area contributed by atoms with Gasteiger partial charge in [-0.3, -0.25) is 0 Å². The van der Waals surface area contributed by atoms with Gasteiger partial charge >= 0.3 is 6.18 Å². The van der Waals surface area contributed by atoms with Crippen molar-refractivity contribution in [3.05, 3.63) is 53.9 Å². The Morgan fingerprint density at radius 2 is 1.80 bits per heavy atom. The van der Waals surface area contributed by atoms with Crippen LogP contribution < -0.4 is 9.47 Å². The van der Waals surface area contributed by atoms with Crippen molar-refractivity contribution in [2.45, 2.75) is 24.8 Å². The minimum atomic E-state index is -4.55. The Kier molecular flexibility index (Phi) is 6.50. The second-order valence-electron chi connectivity index (χ2n) is 6.42. The Morgan fingerprint density at radius 1 is 1.07 bits per heavy atom. The maximum atomic E-state index is 13.4. The number of aromatic nitrogens is 3. The average Bonchev–Trinajstić information content (AvgIpc) is 3.20. The van der Waals surface area contributed by atoms with Gasteiger partial charge < -0.3 is 14.0 Å². The zero-order valence-electron chi connectivity index (χ0n) is 17.0. The molecule has 0 amide bonds. The Morgan fingerprint density at radius 3 is 2.43 bits per heavy atom. The van der Waals surface area contributed by atoms with Gasteiger partial charge in [0.2, 0.25) is 0 Å². The van der Waals surface area contributed by atoms with E-state index in [4.69, 9.17) is 9.47 Å². The largest absolute Gasteiger partial charge is 0.493 e. The summed E-state index contributed by atoms with van der Waals surface area (Å²) in [6, 6.07) is 10.0. The predicted octanol–water partition coefficient (Wildman–Crippen LogP) is 5.11. The summed E-state index contributed by atoms with van der Waals surface area (Å²) in [5.74, 6) is 1.19. The van der Waals surface area contributed by atoms with Gasteiger partial charge in [-0.1, -0.05) is 11.4 Å². The minimum absolute atomic E-state index is 0.168. The van der Waals surface area contributed by atoms with Crippen LogP contribution in [0.25, 0.3) is 11.4 Å². The lowest BCUT2D eigenvalue weighted by molar-refractivity contribution is -0.141. The molecule has 3 rings (SSSR count). The van der Waals surface area contributed by atoms with E-state index in [0.29, 0.717) is 23.7 Å². The van der Waals surface area contributed by atoms with Crippen LogP contribution in [-0.2, 0) is 12.7 Å². The highest BCUT2D eigenvalue weighted by Crippen LogP contribution is 2.33. The normalized spacial score (nSPS) is 12.8. The van der Waals surface area contributed by atoms with Gasteiger partial charge in [0.25, 0.3) is 0 Å². The van der Waals surface area contributed by atoms with Gasteiger partial charge in [0.1, 0.15) is 5.69 Å². The number of alkyl halides is 3. The molecule has 160 valence electrons. The van der Waals surface area contributed by atoms with E-state index in [1.165, 1.54) is 0 Å². The van der Waals surface area contributed by atoms with E-state index in [-0.39, 0.29) is 10.9 Å². The van der Waals surface area contributed by atoms with Crippen LogP contribution in [0.2, 0.25) is 0 Å². The zero-order valence-corrected chi connectivity index (χ0v) is 17.8. The Bertz CT molecular complexity index is 1080. The van der Waals surface area contributed by atoms with E-state index in [9.17, 15) is 13.2 Å². The fourth-order valence-corrected chi connectivity index (χ4v) is 3.61. The summed E-state index contributed by atoms with van der Waals surface area (Å²) in [6.07, 6.45) is -0.953. The molecule has 0 aliphatic heterocycles. The third-order valence-electron chi connectivity index (χ3n) is 4.53. The maximum Gasteiger partial charge on any atom is 0.433 e. The Hall–Kier alpha value is -2.81. The quantitative estimate of drug-likeness (QED) is 0.397. The summed E-state index contributed by atoms with van der Waals surface area (Å²) in [7, 11) is 2.51. The molecular formula is C21H22F3N3O2S. The molecule has 0 fully saturated rings. The van der Waals surface area contributed by atoms with E-state index in [2.05, 4.69) is 9.97 Å². The molecule has 9 heteroatoms. The third-order valence-corrected chi connectivity index (χ3v) is 6.00. The molecule has 0 N–H and O–H groups in total. The van der Waals surface area contributed by atoms with Crippen molar-refractivity contribution in [3.63, 3.8) is 0 Å². The summed E-state index contributed by atoms with van der Waals surface area (Å²) < 4.78 is 52.7. The van der Waals surface area contributed by atoms with Crippen molar-refractivity contribution in [2.75, 3.05) is 20.5 Å². The molecule has 0 aliphatic carbocycles. The molecule has 3 aromatic rings. The topological polar surface area (TPSA) is 49.2 Å². The summed E-state index contributed by atoms with van der Waals surface area (Å²) in [4.78, 5) is 8.17. The number of ether oxygens (including phenoxy) is 2. The predicted molar refractivity (Wildman–Crippen MR) is 113 cm³/mol. The molecule has 0 saturated carbocycles. The lowest BCUT2D eigenvalue weighted by Gasteiger charge is -2.14. The first-order valence-corrected chi connectivity index (χ1v) is 10.7. The molecule has 1 atom stereocenters. The van der Waals surface area contributed by atoms with E-state index in [0.717, 1.165) is 11.6 Å². The molecule has 0 spiro atoms. The van der Waals surface area contributed by atoms with Crippen LogP contribution in [0.3, 0.4) is 0 Å². The van der Waals surface area contributed by atoms with Gasteiger partial charge in [-0.15, -0.1) is 10.5 Å². The monoisotopic (exact) mass is 437 g/mol. The van der Waals surface area contributed by atoms with Crippen molar-refractivity contribution in [1.82, 2.24) is 14.5 Å². The molecule has 5 nitrogen and oxygen atoms in total. The third kappa shape index (κ3) is 4.67. The van der Waals surface area contributed by atoms with Gasteiger partial charge in [0.15, 0.2) is 16.7 Å². The van der Waals surface area contributed by atoms with Crippen LogP contribution in [0.15, 0.2) is 47.8 Å². The summed E-state index contributed by atoms with van der Waals surface area (Å²) in [5, 5.41) is 1.96. The molecule has 0 aliphatic rings. The van der Waals surface area contributed by atoms with E-state index in [1.807, 2.05) is 16.7 Å². The van der Waals surface area contributed by atoms with Gasteiger partial charge in [-0.2, -0.15) is 13.2 Å². The lowest BCUT2D eigenvalue weighted by Crippen LogP contribution is -2.11. The van der Waals surface area contributed by atoms with Crippen LogP contribution in [0.1, 0.15) is 18.2 Å². The van der Waals surface area contributed by atoms with Crippen molar-refractivity contribution >= 4 is 15.9 Å². The van der Waals surface area contributed by atoms with Crippen LogP contribution in [0, 0.1) is 0 Å². The fraction of sp³-hybridized carbons (Fsp3) is 0.286. The van der Waals surface area contributed by atoms with Gasteiger partial charge in [-0.25, -0.2) is 9.97 Å². The van der Waals surface area contributed by atoms with E-state index in [1.54, 1.807) is 57.2 Å². The minimum Gasteiger partial charge on any atom is -0.493 e. The van der Waals surface area contributed by atoms with Gasteiger partial charge in [-0.05, 0) is 49.1 Å². The summed E-state index contributed by atoms with van der Waals surface area (Å²) in [6.45, 7) is 2.22. The number of benzene rings is 1. The number of nitrogens with zero attached hydrogens (tertiary/aromatic N) is 3. The molecule has 1 aromatic carbocycles. The summed E-state index contributed by atoms with van der Waals surface area (Å²) >= 11 is 0. The second-order valence-corrected chi connectivity index (χ2v) is 8.37. The highest BCUT2D eigenvalue weighted by Gasteiger charge is 2.34. The van der Waals surface area contributed by atoms with Crippen LogP contribution in [0.5, 0.6) is 11.5 Å². The van der Waals surface area contributed by atoms with E-state index >= 15 is 0 Å². The first kappa shape index (κ1) is 21.9. The smallest absolute Gasteiger partial charge is 0.433 e. The number of methoxy groups -OCH3 is 2. The molecule has 1 unspecified atom stereocenters. The molecular weight excluding hydrogens is 415 g/mol. The van der Waals surface area contributed by atoms with Gasteiger partial charge in [0.05, 0.1) is 25.6 Å². The van der Waals surface area contributed by atoms with Crippen molar-refractivity contribution in [3.8, 4) is 22.9 Å². The molecule has 0 radical (unpaired) electrons. The van der Waals surface area contributed by atoms with Crippen molar-refractivity contribution in [2.24, 2.45) is 0 Å². The standard InChI is InChI=1S/C21H22F3N3O2S/c1-5-30(4)20-25-15(12-19(26-20)21(22,23)24)16-7-6-10-27(16)13-14-8-9-17(28-2)18(11-14)29-3/h5-12H,13H2,1-4H3. The Balaban J connectivity index is 2.04. The number of hydrogen-bond donors (Lipinski definition) is 0. The SMILES string of the molecule is C/C=S(\C)c1nc(-c2cccn2Cc2ccc(OC)c(OC)c2)cc(C(F)(F)F)n1. The highest BCUT2D eigenvalue weighted by atomic mass is 32.2. The van der Waals surface area contributed by atoms with Crippen LogP contribution in [-0.4, -0.2) is 40.4 Å². The average molecular weight is 437 g/mol. The maximum absolute atomic E-state index is 13.4. The Labute approximate surface area is 175 Å². The highest BCUT2D eigenvalue weighted by molar-refractivity contribution is 8.14. The summed E-state index contributed by atoms with van der Waals surface area (Å²) in [5.41, 5.74) is 0.779. The molecule has 30 heavy (non-hydrogen) atoms. The molecule has 0 bridgehead atoms. The number of halogens is 3. The lowest BCUT2D eigenvalue weighted by atomic mass is 10.2. The molecule has 2 aromatic heterocycles. The molecule has 0 saturated heterocycles. The fourth-order valence-electron chi connectivity index (χ4n) is 2.91. The molecule has 2 heterocycles. The zero-order chi connectivity index (χ0) is 21.9. The van der Waals surface area contributed by atoms with Crippen LogP contribution in [0.4, 0.5) is 13.2 Å². The first-order chi connectivity index (χ1) is 14.3. The van der Waals surface area contributed by atoms with Crippen molar-refractivity contribution < 1.29 is 22.6 Å². The van der Waals surface area contributed by atoms with Crippen molar-refractivity contribution in [1.29, 1.82) is 0 Å². The number of hydrogen-bond acceptors (Lipinski definition) is 4. The first-order valence-electron chi connectivity index (χ1n) is 9.03.